The van der Waals surface area contributed by atoms with Gasteiger partial charge in [-0.05, 0) is 37.3 Å². The number of nitrogens with one attached hydrogen (secondary N) is 1. The van der Waals surface area contributed by atoms with Gasteiger partial charge in [-0.15, -0.1) is 0 Å². The summed E-state index contributed by atoms with van der Waals surface area (Å²) < 4.78 is 0. The highest BCUT2D eigenvalue weighted by atomic mass is 16.3. The number of hydrogen-bond donors (Lipinski definition) is 2. The molecular formula is C16H23NO2. The van der Waals surface area contributed by atoms with Crippen LogP contribution in [0.1, 0.15) is 50.2 Å². The van der Waals surface area contributed by atoms with Crippen molar-refractivity contribution < 1.29 is 9.90 Å². The van der Waals surface area contributed by atoms with Crippen molar-refractivity contribution in [2.75, 3.05) is 5.32 Å². The number of aliphatic hydroxyl groups is 1. The molecule has 104 valence electrons. The number of amides is 1. The summed E-state index contributed by atoms with van der Waals surface area (Å²) in [5, 5.41) is 13.3. The molecule has 3 heteroatoms. The highest BCUT2D eigenvalue weighted by molar-refractivity contribution is 5.93. The van der Waals surface area contributed by atoms with E-state index in [4.69, 9.17) is 0 Å². The van der Waals surface area contributed by atoms with E-state index in [1.165, 1.54) is 0 Å². The smallest absolute Gasteiger partial charge is 0.227 e. The standard InChI is InChI=1S/C16H23NO2/c1-3-13-8-6-7-12(2)15(13)17-14(18)11-16(19)9-4-5-10-16/h6-8,19H,3-5,9-11H2,1-2H3,(H,17,18). The van der Waals surface area contributed by atoms with Gasteiger partial charge in [0.2, 0.25) is 5.91 Å². The molecule has 1 aromatic rings. The topological polar surface area (TPSA) is 49.3 Å². The van der Waals surface area contributed by atoms with Gasteiger partial charge in [0.25, 0.3) is 0 Å². The van der Waals surface area contributed by atoms with Crippen molar-refractivity contribution in [2.24, 2.45) is 0 Å². The fourth-order valence-corrected chi connectivity index (χ4v) is 2.89. The maximum absolute atomic E-state index is 12.1. The van der Waals surface area contributed by atoms with Crippen LogP contribution in [0.5, 0.6) is 0 Å². The highest BCUT2D eigenvalue weighted by Crippen LogP contribution is 2.33. The SMILES string of the molecule is CCc1cccc(C)c1NC(=O)CC1(O)CCCC1. The average Bonchev–Trinajstić information content (AvgIpc) is 2.78. The molecule has 0 saturated heterocycles. The van der Waals surface area contributed by atoms with Gasteiger partial charge in [0.15, 0.2) is 0 Å². The first kappa shape index (κ1) is 14.1. The van der Waals surface area contributed by atoms with Crippen molar-refractivity contribution >= 4 is 11.6 Å². The van der Waals surface area contributed by atoms with E-state index in [0.29, 0.717) is 0 Å². The van der Waals surface area contributed by atoms with E-state index in [-0.39, 0.29) is 12.3 Å². The van der Waals surface area contributed by atoms with Crippen molar-refractivity contribution in [3.8, 4) is 0 Å². The third-order valence-electron chi connectivity index (χ3n) is 4.03. The molecule has 0 spiro atoms. The third-order valence-corrected chi connectivity index (χ3v) is 4.03. The van der Waals surface area contributed by atoms with Crippen LogP contribution >= 0.6 is 0 Å². The molecule has 1 aliphatic rings. The minimum absolute atomic E-state index is 0.0756. The van der Waals surface area contributed by atoms with Crippen molar-refractivity contribution in [1.82, 2.24) is 0 Å². The summed E-state index contributed by atoms with van der Waals surface area (Å²) in [4.78, 5) is 12.1. The van der Waals surface area contributed by atoms with Gasteiger partial charge in [-0.2, -0.15) is 0 Å². The summed E-state index contributed by atoms with van der Waals surface area (Å²) in [5.41, 5.74) is 2.36. The minimum Gasteiger partial charge on any atom is -0.389 e. The molecule has 1 saturated carbocycles. The lowest BCUT2D eigenvalue weighted by molar-refractivity contribution is -0.120. The Hall–Kier alpha value is -1.35. The Labute approximate surface area is 115 Å². The minimum atomic E-state index is -0.779. The molecule has 0 heterocycles. The second kappa shape index (κ2) is 5.74. The largest absolute Gasteiger partial charge is 0.389 e. The lowest BCUT2D eigenvalue weighted by Gasteiger charge is -2.22. The lowest BCUT2D eigenvalue weighted by Crippen LogP contribution is -2.31. The molecule has 1 amide bonds. The Morgan fingerprint density at radius 3 is 2.68 bits per heavy atom. The molecule has 19 heavy (non-hydrogen) atoms. The Kier molecular flexibility index (Phi) is 4.25. The zero-order valence-electron chi connectivity index (χ0n) is 11.8. The fourth-order valence-electron chi connectivity index (χ4n) is 2.89. The van der Waals surface area contributed by atoms with Crippen molar-refractivity contribution in [2.45, 2.75) is 58.0 Å². The predicted molar refractivity (Wildman–Crippen MR) is 77.2 cm³/mol. The van der Waals surface area contributed by atoms with Crippen LogP contribution in [0, 0.1) is 6.92 Å². The average molecular weight is 261 g/mol. The Morgan fingerprint density at radius 1 is 1.37 bits per heavy atom. The second-order valence-corrected chi connectivity index (χ2v) is 5.62. The lowest BCUT2D eigenvalue weighted by atomic mass is 9.97. The summed E-state index contributed by atoms with van der Waals surface area (Å²) in [6, 6.07) is 6.04. The molecule has 0 bridgehead atoms. The predicted octanol–water partition coefficient (Wildman–Crippen LogP) is 3.19. The van der Waals surface area contributed by atoms with Crippen molar-refractivity contribution in [1.29, 1.82) is 0 Å². The summed E-state index contributed by atoms with van der Waals surface area (Å²) in [6.07, 6.45) is 4.64. The highest BCUT2D eigenvalue weighted by Gasteiger charge is 2.33. The van der Waals surface area contributed by atoms with Gasteiger partial charge in [-0.1, -0.05) is 38.0 Å². The monoisotopic (exact) mass is 261 g/mol. The van der Waals surface area contributed by atoms with Crippen LogP contribution in [-0.2, 0) is 11.2 Å². The van der Waals surface area contributed by atoms with E-state index in [1.807, 2.05) is 25.1 Å². The second-order valence-electron chi connectivity index (χ2n) is 5.62. The maximum Gasteiger partial charge on any atom is 0.227 e. The van der Waals surface area contributed by atoms with E-state index >= 15 is 0 Å². The zero-order valence-corrected chi connectivity index (χ0v) is 11.8. The molecule has 3 nitrogen and oxygen atoms in total. The molecule has 1 aliphatic carbocycles. The number of hydrogen-bond acceptors (Lipinski definition) is 2. The van der Waals surface area contributed by atoms with Gasteiger partial charge < -0.3 is 10.4 Å². The molecule has 0 aromatic heterocycles. The molecule has 2 N–H and O–H groups in total. The van der Waals surface area contributed by atoms with Crippen LogP contribution in [0.3, 0.4) is 0 Å². The number of benzene rings is 1. The van der Waals surface area contributed by atoms with Gasteiger partial charge in [0.05, 0.1) is 12.0 Å². The van der Waals surface area contributed by atoms with Gasteiger partial charge in [-0.3, -0.25) is 4.79 Å². The van der Waals surface area contributed by atoms with Crippen molar-refractivity contribution in [3.05, 3.63) is 29.3 Å². The van der Waals surface area contributed by atoms with Gasteiger partial charge in [-0.25, -0.2) is 0 Å². The molecule has 2 rings (SSSR count). The normalized spacial score (nSPS) is 17.4. The van der Waals surface area contributed by atoms with E-state index in [0.717, 1.165) is 48.9 Å². The molecule has 0 atom stereocenters. The van der Waals surface area contributed by atoms with E-state index in [2.05, 4.69) is 12.2 Å². The zero-order chi connectivity index (χ0) is 13.9. The molecule has 1 aromatic carbocycles. The van der Waals surface area contributed by atoms with Crippen LogP contribution in [-0.4, -0.2) is 16.6 Å². The molecule has 1 fully saturated rings. The van der Waals surface area contributed by atoms with Gasteiger partial charge in [0.1, 0.15) is 0 Å². The quantitative estimate of drug-likeness (QED) is 0.874. The Morgan fingerprint density at radius 2 is 2.05 bits per heavy atom. The third kappa shape index (κ3) is 3.35. The molecule has 0 radical (unpaired) electrons. The van der Waals surface area contributed by atoms with Crippen LogP contribution in [0.2, 0.25) is 0 Å². The Bertz CT molecular complexity index is 462. The van der Waals surface area contributed by atoms with Crippen LogP contribution in [0.4, 0.5) is 5.69 Å². The van der Waals surface area contributed by atoms with Crippen LogP contribution in [0.15, 0.2) is 18.2 Å². The van der Waals surface area contributed by atoms with Gasteiger partial charge in [0, 0.05) is 5.69 Å². The first-order chi connectivity index (χ1) is 9.04. The van der Waals surface area contributed by atoms with Gasteiger partial charge >= 0.3 is 0 Å². The summed E-state index contributed by atoms with van der Waals surface area (Å²) in [7, 11) is 0. The molecule has 0 aliphatic heterocycles. The number of carbonyl (C=O) groups is 1. The summed E-state index contributed by atoms with van der Waals surface area (Å²) >= 11 is 0. The fraction of sp³-hybridized carbons (Fsp3) is 0.562. The number of anilines is 1. The van der Waals surface area contributed by atoms with Crippen LogP contribution in [0.25, 0.3) is 0 Å². The molecule has 0 unspecified atom stereocenters. The molecular weight excluding hydrogens is 238 g/mol. The number of carbonyl (C=O) groups excluding carboxylic acids is 1. The van der Waals surface area contributed by atoms with Crippen LogP contribution < -0.4 is 5.32 Å². The number of para-hydroxylation sites is 1. The Balaban J connectivity index is 2.06. The van der Waals surface area contributed by atoms with E-state index in [1.54, 1.807) is 0 Å². The first-order valence-electron chi connectivity index (χ1n) is 7.15. The number of aryl methyl sites for hydroxylation is 2. The van der Waals surface area contributed by atoms with E-state index < -0.39 is 5.60 Å². The summed E-state index contributed by atoms with van der Waals surface area (Å²) in [6.45, 7) is 4.08. The van der Waals surface area contributed by atoms with Crippen molar-refractivity contribution in [3.63, 3.8) is 0 Å². The van der Waals surface area contributed by atoms with E-state index in [9.17, 15) is 9.90 Å². The summed E-state index contributed by atoms with van der Waals surface area (Å²) in [5.74, 6) is -0.0756. The maximum atomic E-state index is 12.1. The number of rotatable bonds is 4. The first-order valence-corrected chi connectivity index (χ1v) is 7.15.